The Morgan fingerprint density at radius 1 is 1.61 bits per heavy atom. The van der Waals surface area contributed by atoms with Crippen molar-refractivity contribution in [3.63, 3.8) is 0 Å². The van der Waals surface area contributed by atoms with Gasteiger partial charge in [-0.1, -0.05) is 0 Å². The molecular formula is C13H11N3OS. The molecule has 1 N–H and O–H groups in total. The monoisotopic (exact) mass is 257 g/mol. The summed E-state index contributed by atoms with van der Waals surface area (Å²) in [5.41, 5.74) is 2.06. The topological polar surface area (TPSA) is 69.5 Å². The Morgan fingerprint density at radius 2 is 2.39 bits per heavy atom. The van der Waals surface area contributed by atoms with Gasteiger partial charge in [0, 0.05) is 0 Å². The number of aromatic nitrogens is 2. The number of aryl methyl sites for hydroxylation is 1. The number of rotatable bonds is 2. The molecule has 4 nitrogen and oxygen atoms in total. The van der Waals surface area contributed by atoms with Crippen LogP contribution in [-0.4, -0.2) is 9.97 Å². The Hall–Kier alpha value is -2.19. The van der Waals surface area contributed by atoms with E-state index < -0.39 is 5.56 Å². The van der Waals surface area contributed by atoms with Crippen molar-refractivity contribution in [1.82, 2.24) is 9.97 Å². The van der Waals surface area contributed by atoms with Crippen molar-refractivity contribution in [2.24, 2.45) is 0 Å². The lowest BCUT2D eigenvalue weighted by Gasteiger charge is -2.03. The standard InChI is InChI=1S/C13H11N3OS/c1-8(5-10-3-4-18-7-10)12-15-9(2)11(6-14)13(17)16-12/h3-5,7H,1-2H3,(H,15,16,17)/b8-5-. The lowest BCUT2D eigenvalue weighted by Crippen LogP contribution is -2.16. The minimum Gasteiger partial charge on any atom is -0.306 e. The van der Waals surface area contributed by atoms with E-state index in [0.717, 1.165) is 11.1 Å². The van der Waals surface area contributed by atoms with Crippen molar-refractivity contribution >= 4 is 23.0 Å². The fourth-order valence-electron chi connectivity index (χ4n) is 1.58. The second-order valence-corrected chi connectivity index (χ2v) is 4.65. The molecule has 2 heterocycles. The third-order valence-electron chi connectivity index (χ3n) is 2.51. The summed E-state index contributed by atoms with van der Waals surface area (Å²) in [6, 6.07) is 3.84. The van der Waals surface area contributed by atoms with Crippen molar-refractivity contribution in [1.29, 1.82) is 5.26 Å². The molecule has 0 saturated heterocycles. The molecule has 0 spiro atoms. The van der Waals surface area contributed by atoms with Crippen molar-refractivity contribution in [3.05, 3.63) is 49.8 Å². The predicted octanol–water partition coefficient (Wildman–Crippen LogP) is 2.57. The molecule has 5 heteroatoms. The van der Waals surface area contributed by atoms with Gasteiger partial charge in [-0.2, -0.15) is 16.6 Å². The lowest BCUT2D eigenvalue weighted by atomic mass is 10.2. The number of nitrogens with zero attached hydrogens (tertiary/aromatic N) is 2. The molecule has 0 amide bonds. The highest BCUT2D eigenvalue weighted by Gasteiger charge is 2.08. The minimum atomic E-state index is -0.391. The number of allylic oxidation sites excluding steroid dienone is 1. The molecule has 0 fully saturated rings. The largest absolute Gasteiger partial charge is 0.306 e. The van der Waals surface area contributed by atoms with Crippen LogP contribution in [0, 0.1) is 18.3 Å². The van der Waals surface area contributed by atoms with E-state index in [4.69, 9.17) is 5.26 Å². The molecule has 0 aromatic carbocycles. The van der Waals surface area contributed by atoms with Gasteiger partial charge >= 0.3 is 0 Å². The van der Waals surface area contributed by atoms with Crippen molar-refractivity contribution in [3.8, 4) is 6.07 Å². The molecule has 2 aromatic heterocycles. The summed E-state index contributed by atoms with van der Waals surface area (Å²) in [5, 5.41) is 12.8. The van der Waals surface area contributed by atoms with Crippen LogP contribution in [0.5, 0.6) is 0 Å². The maximum Gasteiger partial charge on any atom is 0.269 e. The van der Waals surface area contributed by atoms with Gasteiger partial charge in [-0.25, -0.2) is 4.98 Å². The molecule has 18 heavy (non-hydrogen) atoms. The Balaban J connectivity index is 2.48. The number of hydrogen-bond acceptors (Lipinski definition) is 4. The molecular weight excluding hydrogens is 246 g/mol. The van der Waals surface area contributed by atoms with Gasteiger partial charge in [-0.05, 0) is 47.9 Å². The summed E-state index contributed by atoms with van der Waals surface area (Å²) >= 11 is 1.61. The molecule has 2 rings (SSSR count). The van der Waals surface area contributed by atoms with Crippen LogP contribution in [0.3, 0.4) is 0 Å². The van der Waals surface area contributed by atoms with Crippen LogP contribution in [0.1, 0.15) is 29.6 Å². The molecule has 0 atom stereocenters. The first-order chi connectivity index (χ1) is 8.61. The van der Waals surface area contributed by atoms with Gasteiger partial charge < -0.3 is 4.98 Å². The normalized spacial score (nSPS) is 11.3. The van der Waals surface area contributed by atoms with Crippen LogP contribution >= 0.6 is 11.3 Å². The number of hydrogen-bond donors (Lipinski definition) is 1. The Bertz CT molecular complexity index is 690. The third-order valence-corrected chi connectivity index (χ3v) is 3.21. The Morgan fingerprint density at radius 3 is 2.94 bits per heavy atom. The summed E-state index contributed by atoms with van der Waals surface area (Å²) in [7, 11) is 0. The minimum absolute atomic E-state index is 0.0714. The van der Waals surface area contributed by atoms with Crippen LogP contribution in [0.25, 0.3) is 11.6 Å². The number of thiophene rings is 1. The fraction of sp³-hybridized carbons (Fsp3) is 0.154. The molecule has 0 unspecified atom stereocenters. The first-order valence-electron chi connectivity index (χ1n) is 5.33. The van der Waals surface area contributed by atoms with Gasteiger partial charge in [0.05, 0.1) is 5.69 Å². The van der Waals surface area contributed by atoms with E-state index in [1.807, 2.05) is 35.9 Å². The van der Waals surface area contributed by atoms with Crippen molar-refractivity contribution in [2.45, 2.75) is 13.8 Å². The van der Waals surface area contributed by atoms with E-state index in [0.29, 0.717) is 11.5 Å². The number of aromatic amines is 1. The van der Waals surface area contributed by atoms with Crippen LogP contribution in [0.4, 0.5) is 0 Å². The highest BCUT2D eigenvalue weighted by molar-refractivity contribution is 7.08. The van der Waals surface area contributed by atoms with E-state index in [-0.39, 0.29) is 5.56 Å². The summed E-state index contributed by atoms with van der Waals surface area (Å²) in [5.74, 6) is 0.503. The third kappa shape index (κ3) is 2.39. The molecule has 0 saturated carbocycles. The second-order valence-electron chi connectivity index (χ2n) is 3.87. The highest BCUT2D eigenvalue weighted by Crippen LogP contribution is 2.16. The number of H-pyrrole nitrogens is 1. The van der Waals surface area contributed by atoms with Crippen molar-refractivity contribution in [2.75, 3.05) is 0 Å². The molecule has 0 aliphatic carbocycles. The molecule has 90 valence electrons. The Labute approximate surface area is 108 Å². The zero-order valence-electron chi connectivity index (χ0n) is 10.0. The van der Waals surface area contributed by atoms with Gasteiger partial charge in [-0.15, -0.1) is 0 Å². The zero-order valence-corrected chi connectivity index (χ0v) is 10.8. The molecule has 0 aliphatic rings. The summed E-state index contributed by atoms with van der Waals surface area (Å²) in [4.78, 5) is 18.5. The molecule has 0 aliphatic heterocycles. The predicted molar refractivity (Wildman–Crippen MR) is 72.2 cm³/mol. The SMILES string of the molecule is C/C(=C/c1ccsc1)c1nc(C)c(C#N)c(=O)[nH]1. The maximum atomic E-state index is 11.7. The summed E-state index contributed by atoms with van der Waals surface area (Å²) in [6.07, 6.45) is 1.94. The van der Waals surface area contributed by atoms with Gasteiger partial charge in [0.15, 0.2) is 0 Å². The number of nitriles is 1. The van der Waals surface area contributed by atoms with E-state index in [2.05, 4.69) is 9.97 Å². The quantitative estimate of drug-likeness (QED) is 0.898. The number of nitrogens with one attached hydrogen (secondary N) is 1. The average molecular weight is 257 g/mol. The van der Waals surface area contributed by atoms with Crippen LogP contribution < -0.4 is 5.56 Å². The first-order valence-corrected chi connectivity index (χ1v) is 6.28. The van der Waals surface area contributed by atoms with Crippen LogP contribution in [0.2, 0.25) is 0 Å². The van der Waals surface area contributed by atoms with Crippen LogP contribution in [0.15, 0.2) is 21.6 Å². The van der Waals surface area contributed by atoms with E-state index >= 15 is 0 Å². The van der Waals surface area contributed by atoms with E-state index in [1.54, 1.807) is 18.3 Å². The second kappa shape index (κ2) is 4.98. The fourth-order valence-corrected chi connectivity index (χ4v) is 2.20. The van der Waals surface area contributed by atoms with Crippen LogP contribution in [-0.2, 0) is 0 Å². The average Bonchev–Trinajstić information content (AvgIpc) is 2.81. The molecule has 0 radical (unpaired) electrons. The van der Waals surface area contributed by atoms with E-state index in [1.165, 1.54) is 0 Å². The highest BCUT2D eigenvalue weighted by atomic mass is 32.1. The Kier molecular flexibility index (Phi) is 3.40. The van der Waals surface area contributed by atoms with Gasteiger partial charge in [0.2, 0.25) is 0 Å². The van der Waals surface area contributed by atoms with Crippen molar-refractivity contribution < 1.29 is 0 Å². The van der Waals surface area contributed by atoms with Gasteiger partial charge in [0.1, 0.15) is 17.5 Å². The zero-order chi connectivity index (χ0) is 13.1. The van der Waals surface area contributed by atoms with E-state index in [9.17, 15) is 4.79 Å². The van der Waals surface area contributed by atoms with Gasteiger partial charge in [0.25, 0.3) is 5.56 Å². The smallest absolute Gasteiger partial charge is 0.269 e. The summed E-state index contributed by atoms with van der Waals surface area (Å²) < 4.78 is 0. The lowest BCUT2D eigenvalue weighted by molar-refractivity contribution is 1.01. The van der Waals surface area contributed by atoms with Gasteiger partial charge in [-0.3, -0.25) is 4.79 Å². The maximum absolute atomic E-state index is 11.7. The first kappa shape index (κ1) is 12.3. The molecule has 0 bridgehead atoms. The summed E-state index contributed by atoms with van der Waals surface area (Å²) in [6.45, 7) is 3.54. The molecule has 2 aromatic rings.